The Bertz CT molecular complexity index is 395. The van der Waals surface area contributed by atoms with Crippen molar-refractivity contribution in [1.29, 1.82) is 0 Å². The molecule has 16 heavy (non-hydrogen) atoms. The van der Waals surface area contributed by atoms with Gasteiger partial charge in [-0.15, -0.1) is 0 Å². The summed E-state index contributed by atoms with van der Waals surface area (Å²) in [7, 11) is 0. The topological polar surface area (TPSA) is 66.6 Å². The maximum Gasteiger partial charge on any atom is 0.292 e. The summed E-state index contributed by atoms with van der Waals surface area (Å²) >= 11 is 0. The van der Waals surface area contributed by atoms with Gasteiger partial charge in [-0.1, -0.05) is 12.1 Å². The van der Waals surface area contributed by atoms with E-state index in [2.05, 4.69) is 0 Å². The summed E-state index contributed by atoms with van der Waals surface area (Å²) in [6.45, 7) is 1.62. The van der Waals surface area contributed by atoms with Crippen molar-refractivity contribution in [2.24, 2.45) is 5.92 Å². The molecule has 5 heteroatoms. The second kappa shape index (κ2) is 4.49. The van der Waals surface area contributed by atoms with E-state index in [1.807, 2.05) is 4.90 Å². The Labute approximate surface area is 93.5 Å². The molecule has 0 radical (unpaired) electrons. The number of rotatable bonds is 3. The third kappa shape index (κ3) is 1.99. The molecule has 1 aromatic carbocycles. The molecule has 1 fully saturated rings. The summed E-state index contributed by atoms with van der Waals surface area (Å²) in [5.74, 6) is 0.236. The number of nitro groups is 1. The first kappa shape index (κ1) is 10.9. The number of nitro benzene ring substituents is 1. The van der Waals surface area contributed by atoms with Crippen molar-refractivity contribution < 1.29 is 10.0 Å². The number of hydrogen-bond acceptors (Lipinski definition) is 4. The maximum absolute atomic E-state index is 10.9. The SMILES string of the molecule is O=[N+]([O-])c1ccccc1N1CCC(CO)C1. The fraction of sp³-hybridized carbons (Fsp3) is 0.455. The van der Waals surface area contributed by atoms with Crippen LogP contribution >= 0.6 is 0 Å². The Kier molecular flexibility index (Phi) is 3.05. The standard InChI is InChI=1S/C11H14N2O3/c14-8-9-5-6-12(7-9)10-3-1-2-4-11(10)13(15)16/h1-4,9,14H,5-8H2. The van der Waals surface area contributed by atoms with Gasteiger partial charge < -0.3 is 10.0 Å². The molecule has 1 unspecified atom stereocenters. The van der Waals surface area contributed by atoms with Gasteiger partial charge in [0, 0.05) is 31.7 Å². The first-order valence-corrected chi connectivity index (χ1v) is 5.31. The van der Waals surface area contributed by atoms with Gasteiger partial charge in [-0.2, -0.15) is 0 Å². The van der Waals surface area contributed by atoms with Crippen LogP contribution in [0.2, 0.25) is 0 Å². The monoisotopic (exact) mass is 222 g/mol. The molecule has 0 bridgehead atoms. The minimum atomic E-state index is -0.360. The molecule has 0 saturated carbocycles. The summed E-state index contributed by atoms with van der Waals surface area (Å²) in [6, 6.07) is 6.75. The second-order valence-corrected chi connectivity index (χ2v) is 4.03. The minimum absolute atomic E-state index is 0.140. The van der Waals surface area contributed by atoms with Crippen LogP contribution in [0.15, 0.2) is 24.3 Å². The van der Waals surface area contributed by atoms with Crippen LogP contribution in [0.4, 0.5) is 11.4 Å². The van der Waals surface area contributed by atoms with Crippen molar-refractivity contribution in [3.8, 4) is 0 Å². The summed E-state index contributed by atoms with van der Waals surface area (Å²) in [6.07, 6.45) is 0.891. The molecule has 1 aromatic rings. The summed E-state index contributed by atoms with van der Waals surface area (Å²) < 4.78 is 0. The smallest absolute Gasteiger partial charge is 0.292 e. The average molecular weight is 222 g/mol. The van der Waals surface area contributed by atoms with E-state index in [9.17, 15) is 10.1 Å². The summed E-state index contributed by atoms with van der Waals surface area (Å²) in [4.78, 5) is 12.5. The number of benzene rings is 1. The van der Waals surface area contributed by atoms with Gasteiger partial charge in [0.05, 0.1) is 4.92 Å². The third-order valence-electron chi connectivity index (χ3n) is 2.96. The van der Waals surface area contributed by atoms with E-state index in [1.165, 1.54) is 6.07 Å². The lowest BCUT2D eigenvalue weighted by Gasteiger charge is -2.17. The van der Waals surface area contributed by atoms with Crippen LogP contribution in [0.5, 0.6) is 0 Å². The van der Waals surface area contributed by atoms with Crippen LogP contribution in [0.25, 0.3) is 0 Å². The lowest BCUT2D eigenvalue weighted by molar-refractivity contribution is -0.384. The number of hydrogen-bond donors (Lipinski definition) is 1. The Balaban J connectivity index is 2.24. The number of anilines is 1. The lowest BCUT2D eigenvalue weighted by atomic mass is 10.1. The lowest BCUT2D eigenvalue weighted by Crippen LogP contribution is -2.21. The zero-order chi connectivity index (χ0) is 11.5. The first-order valence-electron chi connectivity index (χ1n) is 5.31. The van der Waals surface area contributed by atoms with Crippen LogP contribution in [0.3, 0.4) is 0 Å². The molecule has 1 saturated heterocycles. The van der Waals surface area contributed by atoms with Crippen molar-refractivity contribution in [2.75, 3.05) is 24.6 Å². The number of nitrogens with zero attached hydrogens (tertiary/aromatic N) is 2. The van der Waals surface area contributed by atoms with E-state index in [0.29, 0.717) is 12.2 Å². The number of aliphatic hydroxyl groups is 1. The molecular formula is C11H14N2O3. The predicted octanol–water partition coefficient (Wildman–Crippen LogP) is 1.41. The Morgan fingerprint density at radius 2 is 2.25 bits per heavy atom. The van der Waals surface area contributed by atoms with E-state index >= 15 is 0 Å². The van der Waals surface area contributed by atoms with E-state index in [-0.39, 0.29) is 23.1 Å². The first-order chi connectivity index (χ1) is 7.72. The summed E-state index contributed by atoms with van der Waals surface area (Å²) in [5, 5.41) is 19.9. The van der Waals surface area contributed by atoms with Crippen molar-refractivity contribution in [3.05, 3.63) is 34.4 Å². The largest absolute Gasteiger partial charge is 0.396 e. The molecule has 0 aromatic heterocycles. The van der Waals surface area contributed by atoms with Crippen molar-refractivity contribution in [3.63, 3.8) is 0 Å². The fourth-order valence-corrected chi connectivity index (χ4v) is 2.09. The zero-order valence-electron chi connectivity index (χ0n) is 8.87. The number of para-hydroxylation sites is 2. The van der Waals surface area contributed by atoms with Crippen LogP contribution < -0.4 is 4.90 Å². The van der Waals surface area contributed by atoms with Gasteiger partial charge in [-0.05, 0) is 12.5 Å². The molecule has 1 N–H and O–H groups in total. The normalized spacial score (nSPS) is 20.1. The minimum Gasteiger partial charge on any atom is -0.396 e. The van der Waals surface area contributed by atoms with E-state index in [1.54, 1.807) is 18.2 Å². The zero-order valence-corrected chi connectivity index (χ0v) is 8.87. The Morgan fingerprint density at radius 1 is 1.50 bits per heavy atom. The molecule has 1 aliphatic heterocycles. The van der Waals surface area contributed by atoms with Gasteiger partial charge in [0.25, 0.3) is 5.69 Å². The van der Waals surface area contributed by atoms with Gasteiger partial charge in [-0.25, -0.2) is 0 Å². The molecule has 2 rings (SSSR count). The number of aliphatic hydroxyl groups excluding tert-OH is 1. The molecule has 1 aliphatic rings. The van der Waals surface area contributed by atoms with Gasteiger partial charge in [0.2, 0.25) is 0 Å². The highest BCUT2D eigenvalue weighted by Gasteiger charge is 2.26. The Morgan fingerprint density at radius 3 is 2.88 bits per heavy atom. The molecular weight excluding hydrogens is 208 g/mol. The van der Waals surface area contributed by atoms with E-state index in [4.69, 9.17) is 5.11 Å². The quantitative estimate of drug-likeness (QED) is 0.620. The molecule has 1 heterocycles. The van der Waals surface area contributed by atoms with Gasteiger partial charge in [0.15, 0.2) is 0 Å². The van der Waals surface area contributed by atoms with Crippen LogP contribution in [0.1, 0.15) is 6.42 Å². The molecule has 86 valence electrons. The molecule has 0 amide bonds. The Hall–Kier alpha value is -1.62. The third-order valence-corrected chi connectivity index (χ3v) is 2.96. The van der Waals surface area contributed by atoms with Crippen molar-refractivity contribution >= 4 is 11.4 Å². The van der Waals surface area contributed by atoms with Gasteiger partial charge in [-0.3, -0.25) is 10.1 Å². The molecule has 0 spiro atoms. The van der Waals surface area contributed by atoms with E-state index < -0.39 is 0 Å². The van der Waals surface area contributed by atoms with Crippen LogP contribution in [-0.4, -0.2) is 29.7 Å². The van der Waals surface area contributed by atoms with Gasteiger partial charge >= 0.3 is 0 Å². The average Bonchev–Trinajstić information content (AvgIpc) is 2.77. The van der Waals surface area contributed by atoms with Gasteiger partial charge in [0.1, 0.15) is 5.69 Å². The van der Waals surface area contributed by atoms with E-state index in [0.717, 1.165) is 13.0 Å². The van der Waals surface area contributed by atoms with Crippen molar-refractivity contribution in [2.45, 2.75) is 6.42 Å². The molecule has 1 atom stereocenters. The fourth-order valence-electron chi connectivity index (χ4n) is 2.09. The highest BCUT2D eigenvalue weighted by Crippen LogP contribution is 2.31. The van der Waals surface area contributed by atoms with Crippen LogP contribution in [-0.2, 0) is 0 Å². The highest BCUT2D eigenvalue weighted by molar-refractivity contribution is 5.63. The van der Waals surface area contributed by atoms with Crippen molar-refractivity contribution in [1.82, 2.24) is 0 Å². The van der Waals surface area contributed by atoms with Crippen LogP contribution in [0, 0.1) is 16.0 Å². The highest BCUT2D eigenvalue weighted by atomic mass is 16.6. The predicted molar refractivity (Wildman–Crippen MR) is 60.5 cm³/mol. The molecule has 5 nitrogen and oxygen atoms in total. The second-order valence-electron chi connectivity index (χ2n) is 4.03. The molecule has 0 aliphatic carbocycles. The summed E-state index contributed by atoms with van der Waals surface area (Å²) in [5.41, 5.74) is 0.796. The maximum atomic E-state index is 10.9.